The summed E-state index contributed by atoms with van der Waals surface area (Å²) in [6, 6.07) is 9.23. The Morgan fingerprint density at radius 3 is 2.59 bits per heavy atom. The number of fused-ring (bicyclic) bond motifs is 3. The lowest BCUT2D eigenvalue weighted by Crippen LogP contribution is -2.74. The monoisotopic (exact) mass is 511 g/mol. The van der Waals surface area contributed by atoms with Crippen molar-refractivity contribution in [3.05, 3.63) is 42.4 Å². The third-order valence-corrected chi connectivity index (χ3v) is 8.36. The molecule has 1 aromatic heterocycles. The second kappa shape index (κ2) is 11.0. The van der Waals surface area contributed by atoms with Crippen molar-refractivity contribution in [3.8, 4) is 17.0 Å². The zero-order valence-electron chi connectivity index (χ0n) is 21.8. The fraction of sp³-hybridized carbons (Fsp3) is 0.607. The van der Waals surface area contributed by atoms with Gasteiger partial charge in [-0.3, -0.25) is 9.69 Å². The third kappa shape index (κ3) is 5.22. The van der Waals surface area contributed by atoms with Crippen LogP contribution in [0, 0.1) is 5.92 Å². The van der Waals surface area contributed by atoms with Crippen LogP contribution < -0.4 is 15.4 Å². The summed E-state index contributed by atoms with van der Waals surface area (Å²) in [4.78, 5) is 25.1. The summed E-state index contributed by atoms with van der Waals surface area (Å²) in [5, 5.41) is 6.49. The summed E-state index contributed by atoms with van der Waals surface area (Å²) < 4.78 is 27.4. The summed E-state index contributed by atoms with van der Waals surface area (Å²) in [7, 11) is 1.68. The van der Waals surface area contributed by atoms with Crippen LogP contribution in [0.2, 0.25) is 0 Å². The highest BCUT2D eigenvalue weighted by Gasteiger charge is 2.63. The van der Waals surface area contributed by atoms with Gasteiger partial charge < -0.3 is 20.1 Å². The number of alkyl halides is 1. The molecule has 0 aliphatic carbocycles. The summed E-state index contributed by atoms with van der Waals surface area (Å²) in [5.74, 6) is 1.18. The molecule has 2 unspecified atom stereocenters. The van der Waals surface area contributed by atoms with Gasteiger partial charge in [-0.15, -0.1) is 0 Å². The maximum atomic E-state index is 16.5. The number of aromatic nitrogens is 2. The number of nitrogens with one attached hydrogen (secondary N) is 2. The Morgan fingerprint density at radius 1 is 1.16 bits per heavy atom. The van der Waals surface area contributed by atoms with Gasteiger partial charge >= 0.3 is 0 Å². The number of hydrogen-bond acceptors (Lipinski definition) is 7. The van der Waals surface area contributed by atoms with Crippen molar-refractivity contribution in [3.63, 3.8) is 0 Å². The minimum atomic E-state index is -1.50. The molecule has 5 heterocycles. The average Bonchev–Trinajstić information content (AvgIpc) is 2.93. The van der Waals surface area contributed by atoms with Crippen LogP contribution in [0.15, 0.2) is 36.5 Å². The van der Waals surface area contributed by atoms with E-state index in [-0.39, 0.29) is 11.8 Å². The van der Waals surface area contributed by atoms with E-state index in [1.54, 1.807) is 13.3 Å². The highest BCUT2D eigenvalue weighted by atomic mass is 19.1. The van der Waals surface area contributed by atoms with Gasteiger partial charge in [-0.2, -0.15) is 0 Å². The number of hydrogen-bond donors (Lipinski definition) is 2. The molecule has 8 nitrogen and oxygen atoms in total. The number of benzene rings is 1. The normalized spacial score (nSPS) is 29.7. The molecule has 200 valence electrons. The predicted molar refractivity (Wildman–Crippen MR) is 139 cm³/mol. The van der Waals surface area contributed by atoms with Crippen molar-refractivity contribution in [2.45, 2.75) is 56.3 Å². The molecule has 6 rings (SSSR count). The van der Waals surface area contributed by atoms with Gasteiger partial charge in [0.2, 0.25) is 5.91 Å². The smallest absolute Gasteiger partial charge is 0.223 e. The van der Waals surface area contributed by atoms with Crippen molar-refractivity contribution in [1.29, 1.82) is 0 Å². The van der Waals surface area contributed by atoms with Crippen LogP contribution in [-0.4, -0.2) is 78.5 Å². The summed E-state index contributed by atoms with van der Waals surface area (Å²) in [6.07, 6.45) is 4.90. The van der Waals surface area contributed by atoms with Gasteiger partial charge in [-0.05, 0) is 76.0 Å². The van der Waals surface area contributed by atoms with Gasteiger partial charge in [0.05, 0.1) is 23.9 Å². The van der Waals surface area contributed by atoms with Gasteiger partial charge in [0.1, 0.15) is 17.2 Å². The zero-order chi connectivity index (χ0) is 25.9. The molecule has 1 aromatic carbocycles. The van der Waals surface area contributed by atoms with Crippen LogP contribution in [0.5, 0.6) is 5.75 Å². The van der Waals surface area contributed by atoms with E-state index in [4.69, 9.17) is 14.5 Å². The molecule has 4 aliphatic heterocycles. The van der Waals surface area contributed by atoms with Gasteiger partial charge in [-0.1, -0.05) is 0 Å². The first-order valence-electron chi connectivity index (χ1n) is 13.4. The number of ether oxygens (including phenoxy) is 2. The highest BCUT2D eigenvalue weighted by Crippen LogP contribution is 2.52. The van der Waals surface area contributed by atoms with Crippen LogP contribution in [0.3, 0.4) is 0 Å². The maximum absolute atomic E-state index is 16.5. The lowest BCUT2D eigenvalue weighted by molar-refractivity contribution is -0.150. The number of carbonyl (C=O) groups excluding carboxylic acids is 1. The molecular weight excluding hydrogens is 473 g/mol. The molecule has 1 amide bonds. The number of nitrogens with zero attached hydrogens (tertiary/aromatic N) is 3. The van der Waals surface area contributed by atoms with E-state index >= 15 is 4.39 Å². The second-order valence-corrected chi connectivity index (χ2v) is 10.6. The minimum absolute atomic E-state index is 0.0583. The molecule has 0 saturated carbocycles. The number of rotatable bonds is 9. The van der Waals surface area contributed by atoms with Crippen molar-refractivity contribution < 1.29 is 18.7 Å². The van der Waals surface area contributed by atoms with E-state index < -0.39 is 17.2 Å². The van der Waals surface area contributed by atoms with Crippen molar-refractivity contribution >= 4 is 5.91 Å². The quantitative estimate of drug-likeness (QED) is 0.500. The van der Waals surface area contributed by atoms with Gasteiger partial charge in [0.25, 0.3) is 0 Å². The fourth-order valence-corrected chi connectivity index (χ4v) is 6.09. The highest BCUT2D eigenvalue weighted by molar-refractivity contribution is 5.80. The number of halogens is 1. The molecule has 37 heavy (non-hydrogen) atoms. The third-order valence-electron chi connectivity index (χ3n) is 8.36. The molecule has 2 N–H and O–H groups in total. The Kier molecular flexibility index (Phi) is 7.74. The number of piperidine rings is 4. The minimum Gasteiger partial charge on any atom is -0.494 e. The first-order valence-corrected chi connectivity index (χ1v) is 13.4. The van der Waals surface area contributed by atoms with E-state index in [9.17, 15) is 4.79 Å². The molecule has 9 heteroatoms. The fourth-order valence-electron chi connectivity index (χ4n) is 6.09. The number of methoxy groups -OCH3 is 1. The lowest BCUT2D eigenvalue weighted by atomic mass is 9.65. The van der Waals surface area contributed by atoms with E-state index in [2.05, 4.69) is 20.5 Å². The molecule has 4 fully saturated rings. The van der Waals surface area contributed by atoms with E-state index in [1.807, 2.05) is 37.3 Å². The average molecular weight is 512 g/mol. The maximum Gasteiger partial charge on any atom is 0.223 e. The first-order chi connectivity index (χ1) is 17.9. The van der Waals surface area contributed by atoms with Crippen LogP contribution in [0.1, 0.15) is 50.9 Å². The SMILES string of the molecule is COCCCOc1ccc(-c2ccnc(C3N4CCC(F)(CC4)C3(C)NC(=O)C3CCNCC3)n2)cc1. The molecule has 4 saturated heterocycles. The topological polar surface area (TPSA) is 88.6 Å². The predicted octanol–water partition coefficient (Wildman–Crippen LogP) is 3.29. The molecule has 2 aromatic rings. The lowest BCUT2D eigenvalue weighted by Gasteiger charge is -2.60. The number of carbonyl (C=O) groups is 1. The molecule has 2 atom stereocenters. The van der Waals surface area contributed by atoms with Crippen molar-refractivity contribution in [1.82, 2.24) is 25.5 Å². The Morgan fingerprint density at radius 2 is 1.89 bits per heavy atom. The molecule has 0 spiro atoms. The molecule has 2 bridgehead atoms. The Hall–Kier alpha value is -2.62. The first kappa shape index (κ1) is 26.0. The second-order valence-electron chi connectivity index (χ2n) is 10.6. The Balaban J connectivity index is 1.39. The van der Waals surface area contributed by atoms with Gasteiger partial charge in [-0.25, -0.2) is 14.4 Å². The van der Waals surface area contributed by atoms with E-state index in [0.717, 1.165) is 49.4 Å². The summed E-state index contributed by atoms with van der Waals surface area (Å²) >= 11 is 0. The molecular formula is C28H38FN5O3. The van der Waals surface area contributed by atoms with Crippen LogP contribution in [-0.2, 0) is 9.53 Å². The largest absolute Gasteiger partial charge is 0.494 e. The Bertz CT molecular complexity index is 1070. The van der Waals surface area contributed by atoms with Crippen molar-refractivity contribution in [2.75, 3.05) is 46.5 Å². The molecule has 0 radical (unpaired) electrons. The Labute approximate surface area is 218 Å². The summed E-state index contributed by atoms with van der Waals surface area (Å²) in [6.45, 7) is 5.99. The van der Waals surface area contributed by atoms with Crippen molar-refractivity contribution in [2.24, 2.45) is 5.92 Å². The van der Waals surface area contributed by atoms with Crippen LogP contribution in [0.4, 0.5) is 4.39 Å². The van der Waals surface area contributed by atoms with Gasteiger partial charge in [0, 0.05) is 50.9 Å². The van der Waals surface area contributed by atoms with E-state index in [0.29, 0.717) is 45.0 Å². The number of amides is 1. The summed E-state index contributed by atoms with van der Waals surface area (Å²) in [5.41, 5.74) is -0.919. The van der Waals surface area contributed by atoms with Crippen LogP contribution in [0.25, 0.3) is 11.3 Å². The standard InChI is InChI=1S/C28H38FN5O3/c1-27(33-26(35)21-8-13-30-14-9-21)24(34-16-11-28(27,29)12-17-34)25-31-15-10-23(32-25)20-4-6-22(7-5-20)37-19-3-18-36-2/h4-7,10,15,21,24,30H,3,8-9,11-14,16-19H2,1-2H3,(H,33,35). The van der Waals surface area contributed by atoms with E-state index in [1.165, 1.54) is 0 Å². The van der Waals surface area contributed by atoms with Crippen LogP contribution >= 0.6 is 0 Å². The van der Waals surface area contributed by atoms with Gasteiger partial charge in [0.15, 0.2) is 0 Å². The zero-order valence-corrected chi connectivity index (χ0v) is 21.8. The molecule has 4 aliphatic rings.